The summed E-state index contributed by atoms with van der Waals surface area (Å²) in [6.45, 7) is 4.96. The number of hydrogen-bond donors (Lipinski definition) is 1. The third kappa shape index (κ3) is 3.01. The lowest BCUT2D eigenvalue weighted by Gasteiger charge is -2.11. The van der Waals surface area contributed by atoms with Crippen LogP contribution < -0.4 is 5.32 Å². The predicted molar refractivity (Wildman–Crippen MR) is 74.7 cm³/mol. The van der Waals surface area contributed by atoms with E-state index in [-0.39, 0.29) is 0 Å². The van der Waals surface area contributed by atoms with Gasteiger partial charge in [0, 0.05) is 6.54 Å². The quantitative estimate of drug-likeness (QED) is 0.835. The van der Waals surface area contributed by atoms with Gasteiger partial charge in [-0.1, -0.05) is 53.6 Å². The van der Waals surface area contributed by atoms with Crippen LogP contribution in [0.5, 0.6) is 0 Å². The van der Waals surface area contributed by atoms with E-state index in [1.165, 1.54) is 16.7 Å². The zero-order valence-electron chi connectivity index (χ0n) is 10.1. The van der Waals surface area contributed by atoms with Crippen molar-refractivity contribution in [1.29, 1.82) is 0 Å². The molecule has 1 nitrogen and oxygen atoms in total. The molecule has 88 valence electrons. The van der Waals surface area contributed by atoms with Crippen molar-refractivity contribution < 1.29 is 0 Å². The minimum atomic E-state index is 0.776. The molecule has 2 rings (SSSR count). The highest BCUT2D eigenvalue weighted by Crippen LogP contribution is 2.25. The van der Waals surface area contributed by atoms with Crippen LogP contribution in [0, 0.1) is 13.8 Å². The third-order valence-corrected chi connectivity index (χ3v) is 3.09. The Bertz CT molecular complexity index is 500. The first-order chi connectivity index (χ1) is 8.16. The Morgan fingerprint density at radius 1 is 1.06 bits per heavy atom. The Morgan fingerprint density at radius 2 is 1.82 bits per heavy atom. The van der Waals surface area contributed by atoms with Crippen LogP contribution in [0.3, 0.4) is 0 Å². The highest BCUT2D eigenvalue weighted by molar-refractivity contribution is 6.33. The van der Waals surface area contributed by atoms with Crippen molar-refractivity contribution in [3.05, 3.63) is 64.2 Å². The fourth-order valence-corrected chi connectivity index (χ4v) is 2.16. The number of benzene rings is 2. The maximum absolute atomic E-state index is 6.16. The van der Waals surface area contributed by atoms with Crippen LogP contribution in [-0.4, -0.2) is 0 Å². The molecule has 0 aliphatic heterocycles. The standard InChI is InChI=1S/C15H16ClN/c1-11-5-3-7-13(9-11)10-17-15-12(2)6-4-8-14(15)16/h3-9,17H,10H2,1-2H3. The summed E-state index contributed by atoms with van der Waals surface area (Å²) in [5, 5.41) is 4.17. The van der Waals surface area contributed by atoms with Crippen molar-refractivity contribution in [2.45, 2.75) is 20.4 Å². The fraction of sp³-hybridized carbons (Fsp3) is 0.200. The summed E-state index contributed by atoms with van der Waals surface area (Å²) in [5.74, 6) is 0. The van der Waals surface area contributed by atoms with E-state index in [1.807, 2.05) is 12.1 Å². The molecule has 0 radical (unpaired) electrons. The molecule has 0 spiro atoms. The van der Waals surface area contributed by atoms with Gasteiger partial charge in [-0.15, -0.1) is 0 Å². The summed E-state index contributed by atoms with van der Waals surface area (Å²) in [7, 11) is 0. The summed E-state index contributed by atoms with van der Waals surface area (Å²) in [6.07, 6.45) is 0. The normalized spacial score (nSPS) is 10.3. The second-order valence-corrected chi connectivity index (χ2v) is 4.68. The van der Waals surface area contributed by atoms with Gasteiger partial charge in [-0.2, -0.15) is 0 Å². The molecule has 2 heteroatoms. The first-order valence-electron chi connectivity index (χ1n) is 5.71. The maximum Gasteiger partial charge on any atom is 0.0640 e. The van der Waals surface area contributed by atoms with E-state index >= 15 is 0 Å². The second kappa shape index (κ2) is 5.24. The van der Waals surface area contributed by atoms with E-state index in [0.717, 1.165) is 17.3 Å². The largest absolute Gasteiger partial charge is 0.380 e. The number of halogens is 1. The molecule has 0 bridgehead atoms. The van der Waals surface area contributed by atoms with Crippen LogP contribution in [0.1, 0.15) is 16.7 Å². The van der Waals surface area contributed by atoms with Gasteiger partial charge in [-0.05, 0) is 31.0 Å². The lowest BCUT2D eigenvalue weighted by molar-refractivity contribution is 1.13. The average molecular weight is 246 g/mol. The molecule has 0 amide bonds. The maximum atomic E-state index is 6.16. The summed E-state index contributed by atoms with van der Waals surface area (Å²) in [6, 6.07) is 14.4. The first kappa shape index (κ1) is 12.0. The highest BCUT2D eigenvalue weighted by Gasteiger charge is 2.02. The van der Waals surface area contributed by atoms with Crippen molar-refractivity contribution >= 4 is 17.3 Å². The van der Waals surface area contributed by atoms with Crippen LogP contribution in [0.2, 0.25) is 5.02 Å². The molecular weight excluding hydrogens is 230 g/mol. The molecule has 2 aromatic rings. The van der Waals surface area contributed by atoms with Gasteiger partial charge in [-0.3, -0.25) is 0 Å². The van der Waals surface area contributed by atoms with Crippen LogP contribution in [0.15, 0.2) is 42.5 Å². The van der Waals surface area contributed by atoms with Gasteiger partial charge in [0.05, 0.1) is 10.7 Å². The van der Waals surface area contributed by atoms with E-state index in [2.05, 4.69) is 49.5 Å². The van der Waals surface area contributed by atoms with Gasteiger partial charge in [0.25, 0.3) is 0 Å². The number of nitrogens with one attached hydrogen (secondary N) is 1. The number of anilines is 1. The Morgan fingerprint density at radius 3 is 2.53 bits per heavy atom. The molecule has 0 saturated heterocycles. The SMILES string of the molecule is Cc1cccc(CNc2c(C)cccc2Cl)c1. The van der Waals surface area contributed by atoms with Gasteiger partial charge < -0.3 is 5.32 Å². The summed E-state index contributed by atoms with van der Waals surface area (Å²) < 4.78 is 0. The second-order valence-electron chi connectivity index (χ2n) is 4.27. The monoisotopic (exact) mass is 245 g/mol. The van der Waals surface area contributed by atoms with E-state index in [0.29, 0.717) is 0 Å². The smallest absolute Gasteiger partial charge is 0.0640 e. The predicted octanol–water partition coefficient (Wildman–Crippen LogP) is 4.57. The molecule has 0 saturated carbocycles. The van der Waals surface area contributed by atoms with E-state index in [9.17, 15) is 0 Å². The molecule has 2 aromatic carbocycles. The van der Waals surface area contributed by atoms with Crippen molar-refractivity contribution in [1.82, 2.24) is 0 Å². The van der Waals surface area contributed by atoms with Gasteiger partial charge in [-0.25, -0.2) is 0 Å². The Balaban J connectivity index is 2.13. The zero-order valence-corrected chi connectivity index (χ0v) is 10.9. The molecule has 0 aliphatic rings. The number of aryl methyl sites for hydroxylation is 2. The molecule has 1 N–H and O–H groups in total. The van der Waals surface area contributed by atoms with Crippen molar-refractivity contribution in [2.24, 2.45) is 0 Å². The minimum absolute atomic E-state index is 0.776. The van der Waals surface area contributed by atoms with E-state index in [1.54, 1.807) is 0 Å². The van der Waals surface area contributed by atoms with Gasteiger partial charge in [0.2, 0.25) is 0 Å². The van der Waals surface area contributed by atoms with E-state index in [4.69, 9.17) is 11.6 Å². The van der Waals surface area contributed by atoms with Crippen LogP contribution in [0.4, 0.5) is 5.69 Å². The number of rotatable bonds is 3. The van der Waals surface area contributed by atoms with Crippen LogP contribution in [-0.2, 0) is 6.54 Å². The van der Waals surface area contributed by atoms with Gasteiger partial charge >= 0.3 is 0 Å². The topological polar surface area (TPSA) is 12.0 Å². The number of para-hydroxylation sites is 1. The Kier molecular flexibility index (Phi) is 3.70. The molecule has 17 heavy (non-hydrogen) atoms. The van der Waals surface area contributed by atoms with Crippen LogP contribution >= 0.6 is 11.6 Å². The molecule has 0 aromatic heterocycles. The molecule has 0 aliphatic carbocycles. The lowest BCUT2D eigenvalue weighted by Crippen LogP contribution is -2.01. The Labute approximate surface area is 107 Å². The zero-order chi connectivity index (χ0) is 12.3. The summed E-state index contributed by atoms with van der Waals surface area (Å²) in [5.41, 5.74) is 4.74. The molecule has 0 fully saturated rings. The average Bonchev–Trinajstić information content (AvgIpc) is 2.28. The first-order valence-corrected chi connectivity index (χ1v) is 6.09. The molecular formula is C15H16ClN. The molecule has 0 atom stereocenters. The van der Waals surface area contributed by atoms with Crippen molar-refractivity contribution in [3.63, 3.8) is 0 Å². The van der Waals surface area contributed by atoms with Crippen molar-refractivity contribution in [3.8, 4) is 0 Å². The highest BCUT2D eigenvalue weighted by atomic mass is 35.5. The van der Waals surface area contributed by atoms with Crippen molar-refractivity contribution in [2.75, 3.05) is 5.32 Å². The Hall–Kier alpha value is -1.47. The number of hydrogen-bond acceptors (Lipinski definition) is 1. The van der Waals surface area contributed by atoms with E-state index < -0.39 is 0 Å². The fourth-order valence-electron chi connectivity index (χ4n) is 1.87. The lowest BCUT2D eigenvalue weighted by atomic mass is 10.1. The van der Waals surface area contributed by atoms with Crippen LogP contribution in [0.25, 0.3) is 0 Å². The molecule has 0 heterocycles. The third-order valence-electron chi connectivity index (χ3n) is 2.77. The summed E-state index contributed by atoms with van der Waals surface area (Å²) in [4.78, 5) is 0. The minimum Gasteiger partial charge on any atom is -0.380 e. The van der Waals surface area contributed by atoms with Gasteiger partial charge in [0.1, 0.15) is 0 Å². The molecule has 0 unspecified atom stereocenters. The van der Waals surface area contributed by atoms with Gasteiger partial charge in [0.15, 0.2) is 0 Å². The summed E-state index contributed by atoms with van der Waals surface area (Å²) >= 11 is 6.16.